The second kappa shape index (κ2) is 9.42. The lowest BCUT2D eigenvalue weighted by Gasteiger charge is -2.18. The first kappa shape index (κ1) is 22.1. The predicted octanol–water partition coefficient (Wildman–Crippen LogP) is 9.45. The Morgan fingerprint density at radius 3 is 1.50 bits per heavy atom. The standard InChI is InChI=1S/C36H24N2/c1-3-10-26(11-4-1)35-29-14-7-8-15-30(29)36(27-12-5-2-6-13-27)32-24-28(18-19-31(32)35)34-17-9-16-33(38-34)25-20-22-37-23-21-25/h1-24H. The van der Waals surface area contributed by atoms with E-state index in [1.807, 2.05) is 24.5 Å². The summed E-state index contributed by atoms with van der Waals surface area (Å²) in [7, 11) is 0. The maximum Gasteiger partial charge on any atom is 0.0710 e. The van der Waals surface area contributed by atoms with Crippen LogP contribution >= 0.6 is 0 Å². The number of rotatable bonds is 4. The van der Waals surface area contributed by atoms with E-state index in [1.54, 1.807) is 0 Å². The van der Waals surface area contributed by atoms with Crippen molar-refractivity contribution in [3.05, 3.63) is 146 Å². The quantitative estimate of drug-likeness (QED) is 0.233. The summed E-state index contributed by atoms with van der Waals surface area (Å²) in [5.41, 5.74) is 9.00. The van der Waals surface area contributed by atoms with Crippen LogP contribution in [0.4, 0.5) is 0 Å². The molecule has 178 valence electrons. The first-order valence-electron chi connectivity index (χ1n) is 12.8. The minimum atomic E-state index is 0.941. The van der Waals surface area contributed by atoms with Crippen LogP contribution < -0.4 is 0 Å². The Labute approximate surface area is 221 Å². The van der Waals surface area contributed by atoms with Crippen LogP contribution in [0.15, 0.2) is 146 Å². The van der Waals surface area contributed by atoms with Gasteiger partial charge in [-0.05, 0) is 74.1 Å². The molecule has 0 aliphatic heterocycles. The number of benzene rings is 5. The first-order chi connectivity index (χ1) is 18.9. The average Bonchev–Trinajstić information content (AvgIpc) is 3.01. The van der Waals surface area contributed by atoms with Gasteiger partial charge in [0.05, 0.1) is 11.4 Å². The molecular weight excluding hydrogens is 460 g/mol. The van der Waals surface area contributed by atoms with Crippen LogP contribution in [0.2, 0.25) is 0 Å². The van der Waals surface area contributed by atoms with Crippen molar-refractivity contribution in [3.8, 4) is 44.8 Å². The van der Waals surface area contributed by atoms with Crippen LogP contribution in [0.5, 0.6) is 0 Å². The highest BCUT2D eigenvalue weighted by Crippen LogP contribution is 2.44. The molecule has 2 nitrogen and oxygen atoms in total. The highest BCUT2D eigenvalue weighted by molar-refractivity contribution is 6.21. The Morgan fingerprint density at radius 1 is 0.342 bits per heavy atom. The van der Waals surface area contributed by atoms with Gasteiger partial charge in [0.25, 0.3) is 0 Å². The summed E-state index contributed by atoms with van der Waals surface area (Å²) in [5.74, 6) is 0. The molecule has 0 aliphatic rings. The minimum Gasteiger partial charge on any atom is -0.265 e. The van der Waals surface area contributed by atoms with Gasteiger partial charge in [0.15, 0.2) is 0 Å². The summed E-state index contributed by atoms with van der Waals surface area (Å²) in [6.45, 7) is 0. The van der Waals surface area contributed by atoms with E-state index in [2.05, 4.69) is 126 Å². The van der Waals surface area contributed by atoms with E-state index in [9.17, 15) is 0 Å². The van der Waals surface area contributed by atoms with Crippen LogP contribution in [0, 0.1) is 0 Å². The molecule has 2 aromatic heterocycles. The number of fused-ring (bicyclic) bond motifs is 2. The van der Waals surface area contributed by atoms with E-state index in [1.165, 1.54) is 43.8 Å². The number of aromatic nitrogens is 2. The van der Waals surface area contributed by atoms with Crippen molar-refractivity contribution in [3.63, 3.8) is 0 Å². The van der Waals surface area contributed by atoms with Gasteiger partial charge in [0.1, 0.15) is 0 Å². The average molecular weight is 485 g/mol. The van der Waals surface area contributed by atoms with Gasteiger partial charge in [-0.1, -0.05) is 103 Å². The molecular formula is C36H24N2. The fraction of sp³-hybridized carbons (Fsp3) is 0. The fourth-order valence-electron chi connectivity index (χ4n) is 5.45. The van der Waals surface area contributed by atoms with E-state index < -0.39 is 0 Å². The van der Waals surface area contributed by atoms with Gasteiger partial charge < -0.3 is 0 Å². The summed E-state index contributed by atoms with van der Waals surface area (Å²) >= 11 is 0. The number of hydrogen-bond donors (Lipinski definition) is 0. The van der Waals surface area contributed by atoms with Crippen molar-refractivity contribution in [1.82, 2.24) is 9.97 Å². The molecule has 0 saturated heterocycles. The van der Waals surface area contributed by atoms with Gasteiger partial charge in [0, 0.05) is 23.5 Å². The molecule has 5 aromatic carbocycles. The number of hydrogen-bond acceptors (Lipinski definition) is 2. The molecule has 2 heteroatoms. The van der Waals surface area contributed by atoms with Crippen molar-refractivity contribution in [2.24, 2.45) is 0 Å². The van der Waals surface area contributed by atoms with E-state index in [4.69, 9.17) is 4.98 Å². The molecule has 38 heavy (non-hydrogen) atoms. The van der Waals surface area contributed by atoms with Gasteiger partial charge >= 0.3 is 0 Å². The second-order valence-electron chi connectivity index (χ2n) is 9.43. The van der Waals surface area contributed by atoms with Crippen LogP contribution in [0.3, 0.4) is 0 Å². The molecule has 0 bridgehead atoms. The van der Waals surface area contributed by atoms with Gasteiger partial charge in [-0.2, -0.15) is 0 Å². The van der Waals surface area contributed by atoms with Gasteiger partial charge in [-0.3, -0.25) is 4.98 Å². The summed E-state index contributed by atoms with van der Waals surface area (Å²) in [6, 6.07) is 47.2. The molecule has 0 spiro atoms. The zero-order valence-corrected chi connectivity index (χ0v) is 20.8. The SMILES string of the molecule is c1ccc(-c2c3ccccc3c(-c3ccccc3)c3cc(-c4cccc(-c5ccncc5)n4)ccc23)cc1. The van der Waals surface area contributed by atoms with Crippen molar-refractivity contribution in [2.75, 3.05) is 0 Å². The van der Waals surface area contributed by atoms with Crippen molar-refractivity contribution >= 4 is 21.5 Å². The third-order valence-electron chi connectivity index (χ3n) is 7.17. The van der Waals surface area contributed by atoms with Crippen LogP contribution in [0.25, 0.3) is 66.3 Å². The third kappa shape index (κ3) is 3.84. The van der Waals surface area contributed by atoms with Gasteiger partial charge in [-0.15, -0.1) is 0 Å². The van der Waals surface area contributed by atoms with E-state index >= 15 is 0 Å². The monoisotopic (exact) mass is 484 g/mol. The minimum absolute atomic E-state index is 0.941. The maximum atomic E-state index is 5.04. The van der Waals surface area contributed by atoms with Crippen LogP contribution in [-0.2, 0) is 0 Å². The molecule has 0 amide bonds. The van der Waals surface area contributed by atoms with Gasteiger partial charge in [0.2, 0.25) is 0 Å². The van der Waals surface area contributed by atoms with Crippen molar-refractivity contribution in [1.29, 1.82) is 0 Å². The third-order valence-corrected chi connectivity index (χ3v) is 7.17. The topological polar surface area (TPSA) is 25.8 Å². The highest BCUT2D eigenvalue weighted by atomic mass is 14.7. The molecule has 0 aliphatic carbocycles. The lowest BCUT2D eigenvalue weighted by atomic mass is 9.85. The van der Waals surface area contributed by atoms with E-state index in [0.717, 1.165) is 22.5 Å². The van der Waals surface area contributed by atoms with E-state index in [-0.39, 0.29) is 0 Å². The zero-order valence-electron chi connectivity index (χ0n) is 20.8. The Kier molecular flexibility index (Phi) is 5.49. The van der Waals surface area contributed by atoms with Crippen molar-refractivity contribution in [2.45, 2.75) is 0 Å². The molecule has 7 rings (SSSR count). The molecule has 0 fully saturated rings. The molecule has 7 aromatic rings. The lowest BCUT2D eigenvalue weighted by Crippen LogP contribution is -1.92. The summed E-state index contributed by atoms with van der Waals surface area (Å²) in [4.78, 5) is 9.19. The zero-order chi connectivity index (χ0) is 25.3. The molecule has 0 N–H and O–H groups in total. The van der Waals surface area contributed by atoms with Gasteiger partial charge in [-0.25, -0.2) is 4.98 Å². The largest absolute Gasteiger partial charge is 0.265 e. The Hall–Kier alpha value is -5.08. The van der Waals surface area contributed by atoms with Crippen molar-refractivity contribution < 1.29 is 0 Å². The summed E-state index contributed by atoms with van der Waals surface area (Å²) in [5, 5.41) is 4.97. The first-order valence-corrected chi connectivity index (χ1v) is 12.8. The lowest BCUT2D eigenvalue weighted by molar-refractivity contribution is 1.29. The Morgan fingerprint density at radius 2 is 0.868 bits per heavy atom. The fourth-order valence-corrected chi connectivity index (χ4v) is 5.45. The smallest absolute Gasteiger partial charge is 0.0710 e. The maximum absolute atomic E-state index is 5.04. The second-order valence-corrected chi connectivity index (χ2v) is 9.43. The summed E-state index contributed by atoms with van der Waals surface area (Å²) < 4.78 is 0. The summed E-state index contributed by atoms with van der Waals surface area (Å²) in [6.07, 6.45) is 3.62. The van der Waals surface area contributed by atoms with Crippen LogP contribution in [0.1, 0.15) is 0 Å². The Balaban J connectivity index is 1.55. The molecule has 0 radical (unpaired) electrons. The molecule has 0 saturated carbocycles. The molecule has 0 unspecified atom stereocenters. The highest BCUT2D eigenvalue weighted by Gasteiger charge is 2.17. The molecule has 2 heterocycles. The number of pyridine rings is 2. The van der Waals surface area contributed by atoms with E-state index in [0.29, 0.717) is 0 Å². The number of nitrogens with zero attached hydrogens (tertiary/aromatic N) is 2. The molecule has 0 atom stereocenters. The predicted molar refractivity (Wildman–Crippen MR) is 159 cm³/mol. The Bertz CT molecular complexity index is 1890. The normalized spacial score (nSPS) is 11.2. The van der Waals surface area contributed by atoms with Crippen LogP contribution in [-0.4, -0.2) is 9.97 Å².